The first-order chi connectivity index (χ1) is 14.5. The van der Waals surface area contributed by atoms with Crippen LogP contribution in [0.15, 0.2) is 36.4 Å². The van der Waals surface area contributed by atoms with E-state index in [4.69, 9.17) is 14.2 Å². The summed E-state index contributed by atoms with van der Waals surface area (Å²) in [5, 5.41) is 13.8. The van der Waals surface area contributed by atoms with E-state index in [0.29, 0.717) is 5.69 Å². The summed E-state index contributed by atoms with van der Waals surface area (Å²) >= 11 is 0. The molecule has 0 bridgehead atoms. The SMILES string of the molecule is COc1ccc(OC)c([C@@H]2CCC[NH+]2CC(=O)Nc2ccc([N+](=O)[O-])cc2OC)c1. The third-order valence-corrected chi connectivity index (χ3v) is 5.35. The molecule has 1 amide bonds. The monoisotopic (exact) mass is 416 g/mol. The normalized spacial score (nSPS) is 18.0. The Kier molecular flexibility index (Phi) is 6.73. The van der Waals surface area contributed by atoms with Crippen molar-refractivity contribution >= 4 is 17.3 Å². The maximum absolute atomic E-state index is 12.7. The van der Waals surface area contributed by atoms with E-state index in [0.717, 1.165) is 41.3 Å². The maximum atomic E-state index is 12.7. The number of benzene rings is 2. The topological polar surface area (TPSA) is 104 Å². The van der Waals surface area contributed by atoms with Gasteiger partial charge in [-0.2, -0.15) is 0 Å². The number of carbonyl (C=O) groups is 1. The van der Waals surface area contributed by atoms with Gasteiger partial charge in [-0.15, -0.1) is 0 Å². The fourth-order valence-corrected chi connectivity index (χ4v) is 3.91. The summed E-state index contributed by atoms with van der Waals surface area (Å²) in [4.78, 5) is 24.3. The van der Waals surface area contributed by atoms with E-state index in [1.54, 1.807) is 14.2 Å². The minimum absolute atomic E-state index is 0.0970. The van der Waals surface area contributed by atoms with Gasteiger partial charge in [0.15, 0.2) is 6.54 Å². The van der Waals surface area contributed by atoms with Crippen LogP contribution in [0.1, 0.15) is 24.4 Å². The Balaban J connectivity index is 1.75. The van der Waals surface area contributed by atoms with Gasteiger partial charge in [0.25, 0.3) is 11.6 Å². The Bertz CT molecular complexity index is 933. The van der Waals surface area contributed by atoms with Crippen molar-refractivity contribution in [2.75, 3.05) is 39.7 Å². The van der Waals surface area contributed by atoms with Crippen molar-refractivity contribution in [1.29, 1.82) is 0 Å². The highest BCUT2D eigenvalue weighted by atomic mass is 16.6. The number of hydrogen-bond acceptors (Lipinski definition) is 6. The number of non-ortho nitro benzene ring substituents is 1. The fraction of sp³-hybridized carbons (Fsp3) is 0.381. The molecule has 9 nitrogen and oxygen atoms in total. The molecule has 0 radical (unpaired) electrons. The molecular weight excluding hydrogens is 390 g/mol. The number of nitrogens with zero attached hydrogens (tertiary/aromatic N) is 1. The minimum Gasteiger partial charge on any atom is -0.497 e. The summed E-state index contributed by atoms with van der Waals surface area (Å²) < 4.78 is 16.1. The first-order valence-electron chi connectivity index (χ1n) is 9.65. The Morgan fingerprint density at radius 3 is 2.57 bits per heavy atom. The first-order valence-corrected chi connectivity index (χ1v) is 9.65. The third-order valence-electron chi connectivity index (χ3n) is 5.35. The average Bonchev–Trinajstić information content (AvgIpc) is 3.20. The molecule has 2 aromatic rings. The summed E-state index contributed by atoms with van der Waals surface area (Å²) in [6.45, 7) is 1.11. The van der Waals surface area contributed by atoms with E-state index in [9.17, 15) is 14.9 Å². The zero-order chi connectivity index (χ0) is 21.7. The zero-order valence-corrected chi connectivity index (χ0v) is 17.3. The van der Waals surface area contributed by atoms with Crippen molar-refractivity contribution in [1.82, 2.24) is 0 Å². The Hall–Kier alpha value is -3.33. The minimum atomic E-state index is -0.505. The predicted molar refractivity (Wildman–Crippen MR) is 110 cm³/mol. The number of carbonyl (C=O) groups excluding carboxylic acids is 1. The maximum Gasteiger partial charge on any atom is 0.279 e. The Morgan fingerprint density at radius 1 is 1.13 bits per heavy atom. The van der Waals surface area contributed by atoms with Gasteiger partial charge in [0.2, 0.25) is 0 Å². The molecule has 1 fully saturated rings. The zero-order valence-electron chi connectivity index (χ0n) is 17.3. The molecule has 2 atom stereocenters. The van der Waals surface area contributed by atoms with Gasteiger partial charge in [0.1, 0.15) is 23.3 Å². The highest BCUT2D eigenvalue weighted by Gasteiger charge is 2.34. The van der Waals surface area contributed by atoms with Crippen LogP contribution in [0.3, 0.4) is 0 Å². The lowest BCUT2D eigenvalue weighted by Crippen LogP contribution is -3.11. The molecule has 0 saturated carbocycles. The van der Waals surface area contributed by atoms with Gasteiger partial charge in [0, 0.05) is 18.9 Å². The lowest BCUT2D eigenvalue weighted by Gasteiger charge is -2.23. The second-order valence-electron chi connectivity index (χ2n) is 7.08. The number of quaternary nitrogens is 1. The number of likely N-dealkylation sites (tertiary alicyclic amines) is 1. The lowest BCUT2D eigenvalue weighted by atomic mass is 10.0. The van der Waals surface area contributed by atoms with E-state index in [1.807, 2.05) is 18.2 Å². The fourth-order valence-electron chi connectivity index (χ4n) is 3.91. The standard InChI is InChI=1S/C21H25N3O6/c1-28-15-7-9-19(29-2)16(12-15)18-5-4-10-23(18)13-21(25)22-17-8-6-14(24(26)27)11-20(17)30-3/h6-9,11-12,18H,4-5,10,13H2,1-3H3,(H,22,25)/p+1/t18-/m0/s1. The molecule has 1 unspecified atom stereocenters. The second-order valence-corrected chi connectivity index (χ2v) is 7.08. The average molecular weight is 416 g/mol. The van der Waals surface area contributed by atoms with Gasteiger partial charge in [-0.25, -0.2) is 0 Å². The summed E-state index contributed by atoms with van der Waals surface area (Å²) in [5.74, 6) is 1.58. The largest absolute Gasteiger partial charge is 0.497 e. The molecule has 0 aliphatic carbocycles. The smallest absolute Gasteiger partial charge is 0.279 e. The number of rotatable bonds is 8. The molecule has 1 saturated heterocycles. The van der Waals surface area contributed by atoms with Crippen LogP contribution in [0, 0.1) is 10.1 Å². The molecule has 1 aliphatic rings. The molecule has 0 aromatic heterocycles. The molecule has 3 rings (SSSR count). The number of anilines is 1. The van der Waals surface area contributed by atoms with Gasteiger partial charge in [-0.1, -0.05) is 0 Å². The van der Waals surface area contributed by atoms with Crippen LogP contribution in [-0.4, -0.2) is 45.2 Å². The van der Waals surface area contributed by atoms with Crippen LogP contribution in [-0.2, 0) is 4.79 Å². The van der Waals surface area contributed by atoms with Gasteiger partial charge >= 0.3 is 0 Å². The molecule has 1 heterocycles. The molecule has 2 aromatic carbocycles. The number of methoxy groups -OCH3 is 3. The van der Waals surface area contributed by atoms with Crippen molar-refractivity contribution in [2.24, 2.45) is 0 Å². The van der Waals surface area contributed by atoms with Crippen LogP contribution in [0.25, 0.3) is 0 Å². The molecule has 0 spiro atoms. The quantitative estimate of drug-likeness (QED) is 0.504. The Morgan fingerprint density at radius 2 is 1.90 bits per heavy atom. The van der Waals surface area contributed by atoms with Gasteiger partial charge in [0.05, 0.1) is 50.1 Å². The second kappa shape index (κ2) is 9.45. The number of nitro groups is 1. The number of hydrogen-bond donors (Lipinski definition) is 2. The predicted octanol–water partition coefficient (Wildman–Crippen LogP) is 1.98. The summed E-state index contributed by atoms with van der Waals surface area (Å²) in [6, 6.07) is 9.92. The number of ether oxygens (including phenoxy) is 3. The van der Waals surface area contributed by atoms with Crippen molar-refractivity contribution in [3.8, 4) is 17.2 Å². The highest BCUT2D eigenvalue weighted by Crippen LogP contribution is 2.32. The molecular formula is C21H26N3O6+. The third kappa shape index (κ3) is 4.62. The first kappa shape index (κ1) is 21.4. The highest BCUT2D eigenvalue weighted by molar-refractivity contribution is 5.93. The van der Waals surface area contributed by atoms with Crippen molar-refractivity contribution in [2.45, 2.75) is 18.9 Å². The summed E-state index contributed by atoms with van der Waals surface area (Å²) in [5.41, 5.74) is 1.33. The lowest BCUT2D eigenvalue weighted by molar-refractivity contribution is -0.910. The van der Waals surface area contributed by atoms with Crippen LogP contribution in [0.4, 0.5) is 11.4 Å². The number of amides is 1. The van der Waals surface area contributed by atoms with Gasteiger partial charge in [-0.05, 0) is 24.3 Å². The molecule has 160 valence electrons. The van der Waals surface area contributed by atoms with E-state index < -0.39 is 4.92 Å². The number of nitro benzene ring substituents is 1. The molecule has 30 heavy (non-hydrogen) atoms. The molecule has 9 heteroatoms. The summed E-state index contributed by atoms with van der Waals surface area (Å²) in [6.07, 6.45) is 1.93. The summed E-state index contributed by atoms with van der Waals surface area (Å²) in [7, 11) is 4.66. The van der Waals surface area contributed by atoms with Gasteiger partial charge < -0.3 is 24.4 Å². The van der Waals surface area contributed by atoms with Crippen LogP contribution < -0.4 is 24.4 Å². The van der Waals surface area contributed by atoms with E-state index in [2.05, 4.69) is 5.32 Å². The number of nitrogens with one attached hydrogen (secondary N) is 2. The van der Waals surface area contributed by atoms with Gasteiger partial charge in [-0.3, -0.25) is 14.9 Å². The van der Waals surface area contributed by atoms with Crippen LogP contribution in [0.2, 0.25) is 0 Å². The Labute approximate surface area is 174 Å². The van der Waals surface area contributed by atoms with Crippen LogP contribution in [0.5, 0.6) is 17.2 Å². The van der Waals surface area contributed by atoms with E-state index >= 15 is 0 Å². The molecule has 1 aliphatic heterocycles. The van der Waals surface area contributed by atoms with Crippen molar-refractivity contribution in [3.05, 3.63) is 52.1 Å². The van der Waals surface area contributed by atoms with E-state index in [-0.39, 0.29) is 29.9 Å². The van der Waals surface area contributed by atoms with Crippen molar-refractivity contribution < 1.29 is 28.8 Å². The van der Waals surface area contributed by atoms with E-state index in [1.165, 1.54) is 25.3 Å². The molecule has 2 N–H and O–H groups in total. The van der Waals surface area contributed by atoms with Crippen LogP contribution >= 0.6 is 0 Å². The van der Waals surface area contributed by atoms with Crippen molar-refractivity contribution in [3.63, 3.8) is 0 Å².